The first kappa shape index (κ1) is 19.5. The first-order valence-electron chi connectivity index (χ1n) is 9.49. The Morgan fingerprint density at radius 1 is 1.16 bits per heavy atom. The van der Waals surface area contributed by atoms with Crippen molar-refractivity contribution in [2.75, 3.05) is 6.61 Å². The van der Waals surface area contributed by atoms with Crippen molar-refractivity contribution < 1.29 is 19.4 Å². The fourth-order valence-electron chi connectivity index (χ4n) is 3.39. The molecule has 0 spiro atoms. The number of carbonyl (C=O) groups is 2. The molecule has 0 bridgehead atoms. The summed E-state index contributed by atoms with van der Waals surface area (Å²) in [6.45, 7) is 5.00. The van der Waals surface area contributed by atoms with Gasteiger partial charge in [0.25, 0.3) is 0 Å². The smallest absolute Gasteiger partial charge is 0.335 e. The van der Waals surface area contributed by atoms with E-state index >= 15 is 0 Å². The van der Waals surface area contributed by atoms with E-state index in [1.54, 1.807) is 12.1 Å². The molecule has 0 saturated carbocycles. The number of carboxylic acid groups (broad SMARTS) is 1. The van der Waals surface area contributed by atoms with Gasteiger partial charge >= 0.3 is 11.9 Å². The zero-order valence-electron chi connectivity index (χ0n) is 15.4. The molecular weight excluding hydrogens is 316 g/mol. The Bertz CT molecular complexity index is 592. The third kappa shape index (κ3) is 6.18. The number of ether oxygens (including phenoxy) is 1. The van der Waals surface area contributed by atoms with Crippen LogP contribution in [-0.4, -0.2) is 23.7 Å². The van der Waals surface area contributed by atoms with E-state index in [0.29, 0.717) is 18.6 Å². The number of aromatic carboxylic acids is 1. The van der Waals surface area contributed by atoms with Crippen molar-refractivity contribution >= 4 is 11.9 Å². The lowest BCUT2D eigenvalue weighted by atomic mass is 9.83. The number of fused-ring (bicyclic) bond motifs is 1. The van der Waals surface area contributed by atoms with Crippen molar-refractivity contribution in [3.63, 3.8) is 0 Å². The van der Waals surface area contributed by atoms with E-state index in [1.165, 1.54) is 19.3 Å². The SMILES string of the molecule is CC(C)CCCCCCOC(=O)C1CCc2cc(C(=O)O)ccc2C1. The monoisotopic (exact) mass is 346 g/mol. The van der Waals surface area contributed by atoms with Gasteiger partial charge in [-0.2, -0.15) is 0 Å². The standard InChI is InChI=1S/C21H30O4/c1-15(2)7-5-3-4-6-12-25-21(24)19-11-9-16-13-18(20(22)23)10-8-17(16)14-19/h8,10,13,15,19H,3-7,9,11-12,14H2,1-2H3,(H,22,23). The normalized spacial score (nSPS) is 16.5. The predicted octanol–water partition coefficient (Wildman–Crippen LogP) is 4.64. The molecule has 0 radical (unpaired) electrons. The third-order valence-corrected chi connectivity index (χ3v) is 4.94. The van der Waals surface area contributed by atoms with Gasteiger partial charge in [0.05, 0.1) is 18.1 Å². The van der Waals surface area contributed by atoms with Crippen molar-refractivity contribution in [3.8, 4) is 0 Å². The highest BCUT2D eigenvalue weighted by atomic mass is 16.5. The van der Waals surface area contributed by atoms with Gasteiger partial charge < -0.3 is 9.84 Å². The molecule has 4 nitrogen and oxygen atoms in total. The summed E-state index contributed by atoms with van der Waals surface area (Å²) >= 11 is 0. The summed E-state index contributed by atoms with van der Waals surface area (Å²) in [5, 5.41) is 9.05. The number of esters is 1. The molecule has 0 amide bonds. The van der Waals surface area contributed by atoms with Gasteiger partial charge in [-0.25, -0.2) is 4.79 Å². The molecule has 0 aromatic heterocycles. The first-order chi connectivity index (χ1) is 12.0. The number of carboxylic acids is 1. The lowest BCUT2D eigenvalue weighted by Gasteiger charge is -2.23. The fourth-order valence-corrected chi connectivity index (χ4v) is 3.39. The maximum absolute atomic E-state index is 12.2. The van der Waals surface area contributed by atoms with Crippen LogP contribution in [-0.2, 0) is 22.4 Å². The van der Waals surface area contributed by atoms with E-state index in [0.717, 1.165) is 42.7 Å². The highest BCUT2D eigenvalue weighted by Crippen LogP contribution is 2.27. The molecule has 4 heteroatoms. The second-order valence-corrected chi connectivity index (χ2v) is 7.49. The number of hydrogen-bond donors (Lipinski definition) is 1. The Morgan fingerprint density at radius 2 is 1.92 bits per heavy atom. The molecule has 1 aliphatic carbocycles. The first-order valence-corrected chi connectivity index (χ1v) is 9.49. The summed E-state index contributed by atoms with van der Waals surface area (Å²) in [4.78, 5) is 23.3. The van der Waals surface area contributed by atoms with E-state index in [2.05, 4.69) is 13.8 Å². The average molecular weight is 346 g/mol. The molecule has 1 unspecified atom stereocenters. The van der Waals surface area contributed by atoms with Crippen LogP contribution in [0.25, 0.3) is 0 Å². The molecule has 1 N–H and O–H groups in total. The lowest BCUT2D eigenvalue weighted by molar-refractivity contribution is -0.149. The fraction of sp³-hybridized carbons (Fsp3) is 0.619. The van der Waals surface area contributed by atoms with Crippen LogP contribution in [0.2, 0.25) is 0 Å². The van der Waals surface area contributed by atoms with Gasteiger partial charge in [-0.3, -0.25) is 4.79 Å². The second-order valence-electron chi connectivity index (χ2n) is 7.49. The van der Waals surface area contributed by atoms with Gasteiger partial charge in [-0.05, 0) is 54.9 Å². The molecule has 1 aliphatic rings. The zero-order chi connectivity index (χ0) is 18.2. The van der Waals surface area contributed by atoms with Crippen molar-refractivity contribution in [3.05, 3.63) is 34.9 Å². The van der Waals surface area contributed by atoms with Crippen LogP contribution in [0, 0.1) is 11.8 Å². The maximum atomic E-state index is 12.2. The van der Waals surface area contributed by atoms with Gasteiger partial charge in [-0.1, -0.05) is 45.6 Å². The maximum Gasteiger partial charge on any atom is 0.335 e. The molecule has 1 atom stereocenters. The highest BCUT2D eigenvalue weighted by molar-refractivity contribution is 5.88. The summed E-state index contributed by atoms with van der Waals surface area (Å²) in [6, 6.07) is 5.19. The number of unbranched alkanes of at least 4 members (excludes halogenated alkanes) is 3. The van der Waals surface area contributed by atoms with E-state index in [-0.39, 0.29) is 11.9 Å². The number of hydrogen-bond acceptors (Lipinski definition) is 3. The van der Waals surface area contributed by atoms with Crippen molar-refractivity contribution in [1.82, 2.24) is 0 Å². The summed E-state index contributed by atoms with van der Waals surface area (Å²) < 4.78 is 5.45. The number of carbonyl (C=O) groups excluding carboxylic acids is 1. The molecule has 138 valence electrons. The van der Waals surface area contributed by atoms with Gasteiger partial charge in [0, 0.05) is 0 Å². The molecule has 2 rings (SSSR count). The van der Waals surface area contributed by atoms with E-state index in [9.17, 15) is 9.59 Å². The van der Waals surface area contributed by atoms with Crippen LogP contribution in [0.15, 0.2) is 18.2 Å². The minimum absolute atomic E-state index is 0.0934. The van der Waals surface area contributed by atoms with Gasteiger partial charge in [0.1, 0.15) is 0 Å². The van der Waals surface area contributed by atoms with Crippen LogP contribution in [0.4, 0.5) is 0 Å². The van der Waals surface area contributed by atoms with Crippen LogP contribution < -0.4 is 0 Å². The predicted molar refractivity (Wildman–Crippen MR) is 97.8 cm³/mol. The number of benzene rings is 1. The van der Waals surface area contributed by atoms with E-state index in [1.807, 2.05) is 6.07 Å². The van der Waals surface area contributed by atoms with Crippen LogP contribution >= 0.6 is 0 Å². The largest absolute Gasteiger partial charge is 0.478 e. The van der Waals surface area contributed by atoms with Crippen molar-refractivity contribution in [2.45, 2.75) is 65.2 Å². The molecule has 25 heavy (non-hydrogen) atoms. The molecule has 0 saturated heterocycles. The summed E-state index contributed by atoms with van der Waals surface area (Å²) in [6.07, 6.45) is 7.92. The summed E-state index contributed by atoms with van der Waals surface area (Å²) in [5.74, 6) is -0.337. The van der Waals surface area contributed by atoms with Crippen molar-refractivity contribution in [1.29, 1.82) is 0 Å². The van der Waals surface area contributed by atoms with Gasteiger partial charge in [0.2, 0.25) is 0 Å². The van der Waals surface area contributed by atoms with E-state index < -0.39 is 5.97 Å². The van der Waals surface area contributed by atoms with Crippen LogP contribution in [0.1, 0.15) is 73.9 Å². The quantitative estimate of drug-likeness (QED) is 0.522. The minimum Gasteiger partial charge on any atom is -0.478 e. The lowest BCUT2D eigenvalue weighted by Crippen LogP contribution is -2.25. The minimum atomic E-state index is -0.905. The molecule has 0 heterocycles. The number of rotatable bonds is 9. The van der Waals surface area contributed by atoms with Crippen LogP contribution in [0.3, 0.4) is 0 Å². The molecule has 1 aromatic rings. The molecule has 0 fully saturated rings. The second kappa shape index (κ2) is 9.59. The Kier molecular flexibility index (Phi) is 7.48. The number of aryl methyl sites for hydroxylation is 1. The van der Waals surface area contributed by atoms with Crippen molar-refractivity contribution in [2.24, 2.45) is 11.8 Å². The van der Waals surface area contributed by atoms with Gasteiger partial charge in [-0.15, -0.1) is 0 Å². The average Bonchev–Trinajstić information content (AvgIpc) is 2.59. The molecular formula is C21H30O4. The van der Waals surface area contributed by atoms with Crippen LogP contribution in [0.5, 0.6) is 0 Å². The Balaban J connectivity index is 1.70. The third-order valence-electron chi connectivity index (χ3n) is 4.94. The Hall–Kier alpha value is -1.84. The Labute approximate surface area is 150 Å². The summed E-state index contributed by atoms with van der Waals surface area (Å²) in [7, 11) is 0. The van der Waals surface area contributed by atoms with Gasteiger partial charge in [0.15, 0.2) is 0 Å². The Morgan fingerprint density at radius 3 is 2.64 bits per heavy atom. The summed E-state index contributed by atoms with van der Waals surface area (Å²) in [5.41, 5.74) is 2.44. The topological polar surface area (TPSA) is 63.6 Å². The highest BCUT2D eigenvalue weighted by Gasteiger charge is 2.26. The zero-order valence-corrected chi connectivity index (χ0v) is 15.4. The molecule has 1 aromatic carbocycles. The van der Waals surface area contributed by atoms with E-state index in [4.69, 9.17) is 9.84 Å². The molecule has 0 aliphatic heterocycles.